The third-order valence-corrected chi connectivity index (χ3v) is 10.1. The van der Waals surface area contributed by atoms with Crippen LogP contribution in [0.4, 0.5) is 5.13 Å². The lowest BCUT2D eigenvalue weighted by molar-refractivity contribution is 0.0391. The predicted octanol–water partition coefficient (Wildman–Crippen LogP) is 4.45. The van der Waals surface area contributed by atoms with Crippen molar-refractivity contribution < 1.29 is 17.9 Å². The molecule has 1 amide bonds. The summed E-state index contributed by atoms with van der Waals surface area (Å²) in [7, 11) is -3.59. The highest BCUT2D eigenvalue weighted by molar-refractivity contribution is 7.98. The number of aromatic nitrogens is 1. The van der Waals surface area contributed by atoms with E-state index in [1.54, 1.807) is 28.8 Å². The summed E-state index contributed by atoms with van der Waals surface area (Å²) in [5.41, 5.74) is 1.33. The third kappa shape index (κ3) is 6.65. The molecule has 37 heavy (non-hydrogen) atoms. The van der Waals surface area contributed by atoms with Gasteiger partial charge in [-0.2, -0.15) is 4.31 Å². The molecule has 0 saturated carbocycles. The zero-order chi connectivity index (χ0) is 25.7. The maximum absolute atomic E-state index is 13.7. The Morgan fingerprint density at radius 3 is 2.41 bits per heavy atom. The van der Waals surface area contributed by atoms with Gasteiger partial charge in [-0.1, -0.05) is 31.3 Å². The van der Waals surface area contributed by atoms with Crippen LogP contribution in [0, 0.1) is 0 Å². The summed E-state index contributed by atoms with van der Waals surface area (Å²) in [6.07, 6.45) is 2.02. The molecule has 1 aliphatic rings. The summed E-state index contributed by atoms with van der Waals surface area (Å²) in [6.45, 7) is 8.63. The van der Waals surface area contributed by atoms with Crippen molar-refractivity contribution in [1.29, 1.82) is 0 Å². The van der Waals surface area contributed by atoms with E-state index in [2.05, 4.69) is 4.90 Å². The maximum Gasteiger partial charge on any atom is 0.260 e. The van der Waals surface area contributed by atoms with Crippen molar-refractivity contribution in [1.82, 2.24) is 14.2 Å². The van der Waals surface area contributed by atoms with Gasteiger partial charge in [0.15, 0.2) is 5.13 Å². The standard InChI is InChI=1S/C25H32N4O4S3.ClH/c1-4-28(5-2)36(31,32)20-11-9-19(10-12-20)24(30)29(14-13-27-15-17-33-18-16-27)25-26-23-21(34-3)7-6-8-22(23)35-25;/h6-12H,4-5,13-18H2,1-3H3;1H. The van der Waals surface area contributed by atoms with Crippen molar-refractivity contribution in [2.45, 2.75) is 23.6 Å². The molecule has 1 fully saturated rings. The van der Waals surface area contributed by atoms with Crippen LogP contribution in [-0.2, 0) is 14.8 Å². The highest BCUT2D eigenvalue weighted by Gasteiger charge is 2.25. The number of para-hydroxylation sites is 1. The van der Waals surface area contributed by atoms with Gasteiger partial charge >= 0.3 is 0 Å². The molecule has 1 aliphatic heterocycles. The summed E-state index contributed by atoms with van der Waals surface area (Å²) >= 11 is 3.13. The second-order valence-electron chi connectivity index (χ2n) is 8.33. The first-order valence-corrected chi connectivity index (χ1v) is 15.5. The minimum Gasteiger partial charge on any atom is -0.379 e. The molecule has 0 aliphatic carbocycles. The van der Waals surface area contributed by atoms with Crippen LogP contribution >= 0.6 is 35.5 Å². The zero-order valence-electron chi connectivity index (χ0n) is 21.3. The van der Waals surface area contributed by atoms with Crippen LogP contribution in [0.15, 0.2) is 52.3 Å². The number of nitrogens with zero attached hydrogens (tertiary/aromatic N) is 4. The minimum atomic E-state index is -3.59. The summed E-state index contributed by atoms with van der Waals surface area (Å²) in [4.78, 5) is 23.9. The first kappa shape index (κ1) is 29.8. The minimum absolute atomic E-state index is 0. The van der Waals surface area contributed by atoms with Gasteiger partial charge in [0, 0.05) is 49.7 Å². The molecule has 202 valence electrons. The maximum atomic E-state index is 13.7. The number of ether oxygens (including phenoxy) is 1. The van der Waals surface area contributed by atoms with Gasteiger partial charge in [-0.25, -0.2) is 13.4 Å². The number of hydrogen-bond acceptors (Lipinski definition) is 8. The Morgan fingerprint density at radius 1 is 1.11 bits per heavy atom. The van der Waals surface area contributed by atoms with Crippen molar-refractivity contribution in [2.24, 2.45) is 0 Å². The quantitative estimate of drug-likeness (QED) is 0.326. The molecular formula is C25H33ClN4O4S3. The summed E-state index contributed by atoms with van der Waals surface area (Å²) < 4.78 is 33.6. The second-order valence-corrected chi connectivity index (χ2v) is 12.1. The molecule has 0 bridgehead atoms. The molecule has 2 heterocycles. The Balaban J connectivity index is 0.00000380. The molecule has 0 atom stereocenters. The number of rotatable bonds is 10. The van der Waals surface area contributed by atoms with Crippen molar-refractivity contribution in [3.63, 3.8) is 0 Å². The Labute approximate surface area is 233 Å². The van der Waals surface area contributed by atoms with E-state index in [4.69, 9.17) is 9.72 Å². The van der Waals surface area contributed by atoms with E-state index in [-0.39, 0.29) is 23.2 Å². The lowest BCUT2D eigenvalue weighted by atomic mass is 10.2. The highest BCUT2D eigenvalue weighted by Crippen LogP contribution is 2.34. The molecule has 0 spiro atoms. The van der Waals surface area contributed by atoms with Gasteiger partial charge in [0.1, 0.15) is 0 Å². The average Bonchev–Trinajstić information content (AvgIpc) is 3.34. The molecule has 4 rings (SSSR count). The van der Waals surface area contributed by atoms with Crippen LogP contribution < -0.4 is 4.90 Å². The first-order chi connectivity index (χ1) is 17.4. The van der Waals surface area contributed by atoms with E-state index < -0.39 is 10.0 Å². The van der Waals surface area contributed by atoms with E-state index in [9.17, 15) is 13.2 Å². The number of benzene rings is 2. The number of carbonyl (C=O) groups is 1. The molecule has 0 N–H and O–H groups in total. The number of sulfonamides is 1. The number of morpholine rings is 1. The number of thiazole rings is 1. The summed E-state index contributed by atoms with van der Waals surface area (Å²) in [5.74, 6) is -0.195. The molecule has 12 heteroatoms. The van der Waals surface area contributed by atoms with E-state index in [0.717, 1.165) is 28.2 Å². The highest BCUT2D eigenvalue weighted by atomic mass is 35.5. The van der Waals surface area contributed by atoms with Gasteiger partial charge in [-0.3, -0.25) is 14.6 Å². The molecule has 8 nitrogen and oxygen atoms in total. The first-order valence-electron chi connectivity index (χ1n) is 12.0. The number of anilines is 1. The zero-order valence-corrected chi connectivity index (χ0v) is 24.5. The van der Waals surface area contributed by atoms with Crippen molar-refractivity contribution in [3.05, 3.63) is 48.0 Å². The van der Waals surface area contributed by atoms with Crippen LogP contribution in [0.1, 0.15) is 24.2 Å². The van der Waals surface area contributed by atoms with Gasteiger partial charge in [0.25, 0.3) is 5.91 Å². The van der Waals surface area contributed by atoms with Crippen LogP contribution in [0.5, 0.6) is 0 Å². The molecule has 2 aromatic carbocycles. The molecule has 0 unspecified atom stereocenters. The Hall–Kier alpha value is -1.73. The Morgan fingerprint density at radius 2 is 1.78 bits per heavy atom. The number of fused-ring (bicyclic) bond motifs is 1. The fourth-order valence-electron chi connectivity index (χ4n) is 4.18. The smallest absolute Gasteiger partial charge is 0.260 e. The van der Waals surface area contributed by atoms with Crippen molar-refractivity contribution in [2.75, 3.05) is 63.6 Å². The van der Waals surface area contributed by atoms with Gasteiger partial charge in [-0.15, -0.1) is 24.2 Å². The van der Waals surface area contributed by atoms with Crippen molar-refractivity contribution in [3.8, 4) is 0 Å². The largest absolute Gasteiger partial charge is 0.379 e. The molecule has 1 saturated heterocycles. The van der Waals surface area contributed by atoms with Crippen LogP contribution in [0.2, 0.25) is 0 Å². The van der Waals surface area contributed by atoms with Crippen LogP contribution in [-0.4, -0.2) is 87.3 Å². The van der Waals surface area contributed by atoms with E-state index >= 15 is 0 Å². The fourth-order valence-corrected chi connectivity index (χ4v) is 7.28. The van der Waals surface area contributed by atoms with Gasteiger partial charge in [0.05, 0.1) is 28.3 Å². The lowest BCUT2D eigenvalue weighted by Crippen LogP contribution is -2.43. The van der Waals surface area contributed by atoms with E-state index in [0.29, 0.717) is 50.1 Å². The van der Waals surface area contributed by atoms with Crippen molar-refractivity contribution >= 4 is 66.8 Å². The average molecular weight is 585 g/mol. The predicted molar refractivity (Wildman–Crippen MR) is 154 cm³/mol. The fraction of sp³-hybridized carbons (Fsp3) is 0.440. The molecule has 1 aromatic heterocycles. The van der Waals surface area contributed by atoms with Gasteiger partial charge in [0.2, 0.25) is 10.0 Å². The van der Waals surface area contributed by atoms with Crippen LogP contribution in [0.3, 0.4) is 0 Å². The number of thioether (sulfide) groups is 1. The molecular weight excluding hydrogens is 552 g/mol. The third-order valence-electron chi connectivity index (χ3n) is 6.25. The number of carbonyl (C=O) groups excluding carboxylic acids is 1. The molecule has 3 aromatic rings. The summed E-state index contributed by atoms with van der Waals surface area (Å²) in [6, 6.07) is 12.3. The lowest BCUT2D eigenvalue weighted by Gasteiger charge is -2.29. The molecule has 0 radical (unpaired) electrons. The van der Waals surface area contributed by atoms with Gasteiger partial charge < -0.3 is 4.74 Å². The number of amides is 1. The SMILES string of the molecule is CCN(CC)S(=O)(=O)c1ccc(C(=O)N(CCN2CCOCC2)c2nc3c(SC)cccc3s2)cc1.Cl. The van der Waals surface area contributed by atoms with Crippen LogP contribution in [0.25, 0.3) is 10.2 Å². The Kier molecular flexibility index (Phi) is 10.8. The second kappa shape index (κ2) is 13.4. The van der Waals surface area contributed by atoms with E-state index in [1.807, 2.05) is 38.3 Å². The normalized spacial score (nSPS) is 14.6. The van der Waals surface area contributed by atoms with Gasteiger partial charge in [-0.05, 0) is 42.7 Å². The topological polar surface area (TPSA) is 83.1 Å². The van der Waals surface area contributed by atoms with E-state index in [1.165, 1.54) is 27.8 Å². The monoisotopic (exact) mass is 584 g/mol. The Bertz CT molecular complexity index is 1290. The number of hydrogen-bond donors (Lipinski definition) is 0. The summed E-state index contributed by atoms with van der Waals surface area (Å²) in [5, 5.41) is 0.643. The number of halogens is 1.